The highest BCUT2D eigenvalue weighted by molar-refractivity contribution is 7.11. The van der Waals surface area contributed by atoms with Gasteiger partial charge in [-0.05, 0) is 51.5 Å². The van der Waals surface area contributed by atoms with Gasteiger partial charge in [0.2, 0.25) is 0 Å². The molecule has 2 aliphatic rings. The molecule has 20 heavy (non-hydrogen) atoms. The Morgan fingerprint density at radius 2 is 2.05 bits per heavy atom. The van der Waals surface area contributed by atoms with E-state index in [2.05, 4.69) is 22.4 Å². The highest BCUT2D eigenvalue weighted by Crippen LogP contribution is 2.33. The number of nitrogens with one attached hydrogen (secondary N) is 1. The fourth-order valence-corrected chi connectivity index (χ4v) is 3.77. The molecular weight excluding hydrogens is 270 g/mol. The van der Waals surface area contributed by atoms with Gasteiger partial charge in [0.15, 0.2) is 0 Å². The number of ether oxygens (including phenoxy) is 1. The lowest BCUT2D eigenvalue weighted by atomic mass is 9.80. The molecule has 0 aliphatic heterocycles. The molecular formula is C15H25N3OS. The quantitative estimate of drug-likeness (QED) is 0.711. The van der Waals surface area contributed by atoms with Crippen LogP contribution in [-0.4, -0.2) is 35.5 Å². The van der Waals surface area contributed by atoms with Crippen LogP contribution >= 0.6 is 11.3 Å². The van der Waals surface area contributed by atoms with Gasteiger partial charge < -0.3 is 10.1 Å². The van der Waals surface area contributed by atoms with E-state index in [1.54, 1.807) is 0 Å². The number of nitrogens with zero attached hydrogens (tertiary/aromatic N) is 2. The van der Waals surface area contributed by atoms with E-state index >= 15 is 0 Å². The first-order chi connectivity index (χ1) is 9.83. The molecule has 3 rings (SSSR count). The van der Waals surface area contributed by atoms with Crippen molar-refractivity contribution in [3.63, 3.8) is 0 Å². The van der Waals surface area contributed by atoms with Gasteiger partial charge >= 0.3 is 0 Å². The van der Waals surface area contributed by atoms with Crippen LogP contribution in [0.3, 0.4) is 0 Å². The second-order valence-corrected chi connectivity index (χ2v) is 7.19. The molecule has 0 saturated heterocycles. The predicted octanol–water partition coefficient (Wildman–Crippen LogP) is 2.58. The molecule has 1 aromatic rings. The van der Waals surface area contributed by atoms with Crippen molar-refractivity contribution in [2.24, 2.45) is 5.92 Å². The Morgan fingerprint density at radius 3 is 2.80 bits per heavy atom. The molecule has 2 aliphatic carbocycles. The van der Waals surface area contributed by atoms with E-state index in [1.807, 2.05) is 11.3 Å². The maximum Gasteiger partial charge on any atom is 0.117 e. The second-order valence-electron chi connectivity index (χ2n) is 6.04. The average Bonchev–Trinajstić information content (AvgIpc) is 3.12. The highest BCUT2D eigenvalue weighted by atomic mass is 32.1. The lowest BCUT2D eigenvalue weighted by molar-refractivity contribution is -0.0240. The van der Waals surface area contributed by atoms with Crippen molar-refractivity contribution in [1.82, 2.24) is 15.5 Å². The summed E-state index contributed by atoms with van der Waals surface area (Å²) in [6, 6.07) is 0.817. The van der Waals surface area contributed by atoms with E-state index in [9.17, 15) is 0 Å². The minimum absolute atomic E-state index is 0.505. The number of aryl methyl sites for hydroxylation is 1. The highest BCUT2D eigenvalue weighted by Gasteiger charge is 2.30. The maximum absolute atomic E-state index is 5.60. The fourth-order valence-electron chi connectivity index (χ4n) is 2.77. The third-order valence-corrected chi connectivity index (χ3v) is 5.15. The van der Waals surface area contributed by atoms with Crippen molar-refractivity contribution >= 4 is 11.3 Å². The molecule has 1 N–H and O–H groups in total. The summed E-state index contributed by atoms with van der Waals surface area (Å²) in [5, 5.41) is 14.6. The van der Waals surface area contributed by atoms with Crippen LogP contribution in [0.5, 0.6) is 0 Å². The predicted molar refractivity (Wildman–Crippen MR) is 81.1 cm³/mol. The van der Waals surface area contributed by atoms with Gasteiger partial charge in [-0.2, -0.15) is 0 Å². The van der Waals surface area contributed by atoms with Gasteiger partial charge in [0.05, 0.1) is 6.10 Å². The van der Waals surface area contributed by atoms with Crippen LogP contribution < -0.4 is 5.32 Å². The van der Waals surface area contributed by atoms with Crippen LogP contribution in [0.2, 0.25) is 0 Å². The molecule has 0 amide bonds. The lowest BCUT2D eigenvalue weighted by Crippen LogP contribution is -2.32. The number of aromatic nitrogens is 2. The third-order valence-electron chi connectivity index (χ3n) is 4.14. The van der Waals surface area contributed by atoms with Crippen LogP contribution in [0.25, 0.3) is 0 Å². The van der Waals surface area contributed by atoms with Crippen molar-refractivity contribution in [2.45, 2.75) is 64.0 Å². The molecule has 0 spiro atoms. The van der Waals surface area contributed by atoms with E-state index in [-0.39, 0.29) is 0 Å². The van der Waals surface area contributed by atoms with Gasteiger partial charge in [0, 0.05) is 25.5 Å². The Kier molecular flexibility index (Phi) is 5.02. The number of rotatable bonds is 9. The summed E-state index contributed by atoms with van der Waals surface area (Å²) in [6.07, 6.45) is 9.00. The molecule has 0 aromatic carbocycles. The summed E-state index contributed by atoms with van der Waals surface area (Å²) in [6.45, 7) is 4.04. The van der Waals surface area contributed by atoms with Crippen molar-refractivity contribution < 1.29 is 4.74 Å². The van der Waals surface area contributed by atoms with Crippen LogP contribution in [0.1, 0.15) is 49.0 Å². The Labute approximate surface area is 125 Å². The van der Waals surface area contributed by atoms with Crippen molar-refractivity contribution in [1.29, 1.82) is 0 Å². The van der Waals surface area contributed by atoms with Crippen LogP contribution in [0, 0.1) is 5.92 Å². The molecule has 0 atom stereocenters. The summed E-state index contributed by atoms with van der Waals surface area (Å²) in [5.74, 6) is 0.767. The minimum atomic E-state index is 0.505. The Hall–Kier alpha value is -0.520. The molecule has 0 radical (unpaired) electrons. The van der Waals surface area contributed by atoms with Crippen molar-refractivity contribution in [3.8, 4) is 0 Å². The topological polar surface area (TPSA) is 47.0 Å². The lowest BCUT2D eigenvalue weighted by Gasteiger charge is -2.34. The Balaban J connectivity index is 1.32. The van der Waals surface area contributed by atoms with Gasteiger partial charge in [-0.25, -0.2) is 0 Å². The van der Waals surface area contributed by atoms with Crippen LogP contribution in [-0.2, 0) is 17.6 Å². The molecule has 5 heteroatoms. The summed E-state index contributed by atoms with van der Waals surface area (Å²) in [4.78, 5) is 0. The smallest absolute Gasteiger partial charge is 0.117 e. The minimum Gasteiger partial charge on any atom is -0.378 e. The third kappa shape index (κ3) is 4.24. The van der Waals surface area contributed by atoms with Gasteiger partial charge in [-0.1, -0.05) is 0 Å². The Morgan fingerprint density at radius 1 is 1.25 bits per heavy atom. The normalized spacial score (nSPS) is 25.6. The van der Waals surface area contributed by atoms with E-state index in [0.717, 1.165) is 38.0 Å². The van der Waals surface area contributed by atoms with Crippen LogP contribution in [0.4, 0.5) is 0 Å². The first kappa shape index (κ1) is 14.4. The summed E-state index contributed by atoms with van der Waals surface area (Å²) in [7, 11) is 0. The van der Waals surface area contributed by atoms with Gasteiger partial charge in [0.25, 0.3) is 0 Å². The van der Waals surface area contributed by atoms with Gasteiger partial charge in [-0.3, -0.25) is 0 Å². The summed E-state index contributed by atoms with van der Waals surface area (Å²) >= 11 is 1.81. The maximum atomic E-state index is 5.60. The number of hydrogen-bond donors (Lipinski definition) is 1. The SMILES string of the molecule is CCOC1CC(Cc2nnc(CCCNC3CC3)s2)C1. The van der Waals surface area contributed by atoms with E-state index in [1.165, 1.54) is 42.1 Å². The van der Waals surface area contributed by atoms with Crippen molar-refractivity contribution in [2.75, 3.05) is 13.2 Å². The Bertz CT molecular complexity index is 413. The summed E-state index contributed by atoms with van der Waals surface area (Å²) in [5.41, 5.74) is 0. The molecule has 4 nitrogen and oxygen atoms in total. The van der Waals surface area contributed by atoms with E-state index in [0.29, 0.717) is 6.10 Å². The monoisotopic (exact) mass is 295 g/mol. The van der Waals surface area contributed by atoms with Crippen molar-refractivity contribution in [3.05, 3.63) is 10.0 Å². The number of hydrogen-bond acceptors (Lipinski definition) is 5. The molecule has 1 aromatic heterocycles. The molecule has 2 fully saturated rings. The zero-order chi connectivity index (χ0) is 13.8. The fraction of sp³-hybridized carbons (Fsp3) is 0.867. The second kappa shape index (κ2) is 6.96. The molecule has 0 unspecified atom stereocenters. The standard InChI is InChI=1S/C15H25N3OS/c1-2-19-13-8-11(9-13)10-15-18-17-14(20-15)4-3-7-16-12-5-6-12/h11-13,16H,2-10H2,1H3. The molecule has 2 saturated carbocycles. The first-order valence-electron chi connectivity index (χ1n) is 7.99. The van der Waals surface area contributed by atoms with Crippen LogP contribution in [0.15, 0.2) is 0 Å². The molecule has 112 valence electrons. The van der Waals surface area contributed by atoms with E-state index in [4.69, 9.17) is 4.74 Å². The molecule has 0 bridgehead atoms. The zero-order valence-electron chi connectivity index (χ0n) is 12.3. The van der Waals surface area contributed by atoms with Gasteiger partial charge in [0.1, 0.15) is 10.0 Å². The van der Waals surface area contributed by atoms with E-state index < -0.39 is 0 Å². The zero-order valence-corrected chi connectivity index (χ0v) is 13.1. The summed E-state index contributed by atoms with van der Waals surface area (Å²) < 4.78 is 5.60. The average molecular weight is 295 g/mol. The first-order valence-corrected chi connectivity index (χ1v) is 8.81. The van der Waals surface area contributed by atoms with Gasteiger partial charge in [-0.15, -0.1) is 21.5 Å². The molecule has 1 heterocycles. The largest absolute Gasteiger partial charge is 0.378 e.